The minimum Gasteiger partial charge on any atom is -0.325 e. The third-order valence-electron chi connectivity index (χ3n) is 5.38. The maximum Gasteiger partial charge on any atom is 0.272 e. The number of amides is 1. The van der Waals surface area contributed by atoms with E-state index in [-0.39, 0.29) is 17.2 Å². The second-order valence-electron chi connectivity index (χ2n) is 8.09. The number of anilines is 1. The van der Waals surface area contributed by atoms with Crippen molar-refractivity contribution in [3.8, 4) is 0 Å². The molecule has 166 valence electrons. The van der Waals surface area contributed by atoms with Gasteiger partial charge < -0.3 is 5.32 Å². The molecule has 0 radical (unpaired) electrons. The minimum atomic E-state index is -0.112. The maximum atomic E-state index is 13.3. The molecule has 2 heterocycles. The Morgan fingerprint density at radius 1 is 1.16 bits per heavy atom. The van der Waals surface area contributed by atoms with Crippen LogP contribution < -0.4 is 10.9 Å². The van der Waals surface area contributed by atoms with Gasteiger partial charge in [0.25, 0.3) is 5.56 Å². The summed E-state index contributed by atoms with van der Waals surface area (Å²) in [5.41, 5.74) is 2.72. The lowest BCUT2D eigenvalue weighted by atomic mass is 10.0. The normalized spacial score (nSPS) is 11.5. The molecule has 0 saturated carbocycles. The fourth-order valence-electron chi connectivity index (χ4n) is 3.56. The summed E-state index contributed by atoms with van der Waals surface area (Å²) in [7, 11) is 0. The highest BCUT2D eigenvalue weighted by molar-refractivity contribution is 7.99. The predicted molar refractivity (Wildman–Crippen MR) is 136 cm³/mol. The Balaban J connectivity index is 1.58. The van der Waals surface area contributed by atoms with E-state index in [0.29, 0.717) is 22.3 Å². The first kappa shape index (κ1) is 22.6. The zero-order valence-corrected chi connectivity index (χ0v) is 20.2. The minimum absolute atomic E-state index is 0.0168. The van der Waals surface area contributed by atoms with Crippen LogP contribution in [0.5, 0.6) is 0 Å². The average Bonchev–Trinajstić information content (AvgIpc) is 3.16. The lowest BCUT2D eigenvalue weighted by molar-refractivity contribution is -0.113. The molecule has 2 aromatic heterocycles. The molecule has 0 atom stereocenters. The summed E-state index contributed by atoms with van der Waals surface area (Å²) in [6.07, 6.45) is 1.87. The van der Waals surface area contributed by atoms with Gasteiger partial charge >= 0.3 is 0 Å². The third kappa shape index (κ3) is 4.74. The third-order valence-corrected chi connectivity index (χ3v) is 7.50. The van der Waals surface area contributed by atoms with E-state index in [0.717, 1.165) is 34.1 Å². The first-order valence-corrected chi connectivity index (χ1v) is 12.7. The van der Waals surface area contributed by atoms with Crippen molar-refractivity contribution in [1.82, 2.24) is 9.55 Å². The number of fused-ring (bicyclic) bond motifs is 3. The first-order chi connectivity index (χ1) is 15.5. The van der Waals surface area contributed by atoms with Gasteiger partial charge in [-0.05, 0) is 36.1 Å². The lowest BCUT2D eigenvalue weighted by Crippen LogP contribution is -2.23. The van der Waals surface area contributed by atoms with Crippen molar-refractivity contribution >= 4 is 55.0 Å². The van der Waals surface area contributed by atoms with Gasteiger partial charge in [-0.15, -0.1) is 11.3 Å². The van der Waals surface area contributed by atoms with Crippen LogP contribution in [0, 0.1) is 0 Å². The zero-order chi connectivity index (χ0) is 22.7. The van der Waals surface area contributed by atoms with Crippen molar-refractivity contribution in [2.75, 3.05) is 11.1 Å². The van der Waals surface area contributed by atoms with Crippen molar-refractivity contribution in [2.45, 2.75) is 51.2 Å². The number of rotatable bonds is 8. The number of hydrogen-bond donors (Lipinski definition) is 1. The Bertz CT molecular complexity index is 1310. The number of carbonyl (C=O) groups is 1. The van der Waals surface area contributed by atoms with Gasteiger partial charge in [-0.25, -0.2) is 4.98 Å². The number of carbonyl (C=O) groups excluding carboxylic acids is 1. The molecule has 0 bridgehead atoms. The van der Waals surface area contributed by atoms with Crippen molar-refractivity contribution in [2.24, 2.45) is 0 Å². The number of benzene rings is 2. The lowest BCUT2D eigenvalue weighted by Gasteiger charge is -2.12. The average molecular weight is 466 g/mol. The van der Waals surface area contributed by atoms with Crippen molar-refractivity contribution in [3.05, 3.63) is 64.4 Å². The molecule has 2 aromatic carbocycles. The Morgan fingerprint density at radius 2 is 1.91 bits per heavy atom. The largest absolute Gasteiger partial charge is 0.325 e. The molecular weight excluding hydrogens is 438 g/mol. The number of hydrogen-bond acceptors (Lipinski definition) is 5. The monoisotopic (exact) mass is 465 g/mol. The van der Waals surface area contributed by atoms with Crippen LogP contribution >= 0.6 is 23.1 Å². The molecule has 4 rings (SSSR count). The van der Waals surface area contributed by atoms with Crippen LogP contribution in [-0.2, 0) is 11.3 Å². The summed E-state index contributed by atoms with van der Waals surface area (Å²) >= 11 is 2.81. The number of aromatic nitrogens is 2. The summed E-state index contributed by atoms with van der Waals surface area (Å²) in [6, 6.07) is 15.9. The summed E-state index contributed by atoms with van der Waals surface area (Å²) in [4.78, 5) is 30.7. The van der Waals surface area contributed by atoms with Gasteiger partial charge in [0.2, 0.25) is 5.91 Å². The Hall–Kier alpha value is -2.64. The fourth-order valence-corrected chi connectivity index (χ4v) is 5.46. The number of thioether (sulfide) groups is 1. The molecule has 0 unspecified atom stereocenters. The van der Waals surface area contributed by atoms with E-state index >= 15 is 0 Å². The zero-order valence-electron chi connectivity index (χ0n) is 18.6. The predicted octanol–water partition coefficient (Wildman–Crippen LogP) is 6.27. The standard InChI is InChI=1S/C25H27N3O2S2/c1-4-5-14-28-24(30)23-22(19-8-6-7-9-20(19)32-23)27-25(28)31-15-21(29)26-18-12-10-17(11-13-18)16(2)3/h6-13,16H,4-5,14-15H2,1-3H3,(H,26,29). The van der Waals surface area contributed by atoms with E-state index in [1.54, 1.807) is 4.57 Å². The molecule has 0 aliphatic rings. The molecule has 0 aliphatic heterocycles. The summed E-state index contributed by atoms with van der Waals surface area (Å²) in [5, 5.41) is 4.54. The van der Waals surface area contributed by atoms with Crippen LogP contribution in [0.2, 0.25) is 0 Å². The van der Waals surface area contributed by atoms with Crippen LogP contribution in [-0.4, -0.2) is 21.2 Å². The number of unbranched alkanes of at least 4 members (excludes halogenated alkanes) is 1. The SMILES string of the molecule is CCCCn1c(SCC(=O)Nc2ccc(C(C)C)cc2)nc2c(sc3ccccc32)c1=O. The van der Waals surface area contributed by atoms with E-state index in [9.17, 15) is 9.59 Å². The highest BCUT2D eigenvalue weighted by Gasteiger charge is 2.17. The Kier molecular flexibility index (Phi) is 6.96. The topological polar surface area (TPSA) is 64.0 Å². The Morgan fingerprint density at radius 3 is 2.62 bits per heavy atom. The van der Waals surface area contributed by atoms with Gasteiger partial charge in [0.15, 0.2) is 5.16 Å². The van der Waals surface area contributed by atoms with Gasteiger partial charge in [0, 0.05) is 22.3 Å². The summed E-state index contributed by atoms with van der Waals surface area (Å²) < 4.78 is 3.47. The molecule has 0 saturated heterocycles. The highest BCUT2D eigenvalue weighted by Crippen LogP contribution is 2.32. The number of thiophene rings is 1. The molecule has 32 heavy (non-hydrogen) atoms. The first-order valence-electron chi connectivity index (χ1n) is 10.9. The molecule has 5 nitrogen and oxygen atoms in total. The van der Waals surface area contributed by atoms with E-state index in [1.165, 1.54) is 28.7 Å². The summed E-state index contributed by atoms with van der Waals surface area (Å²) in [5.74, 6) is 0.529. The van der Waals surface area contributed by atoms with E-state index in [1.807, 2.05) is 48.5 Å². The summed E-state index contributed by atoms with van der Waals surface area (Å²) in [6.45, 7) is 6.99. The van der Waals surface area contributed by atoms with Crippen LogP contribution in [0.15, 0.2) is 58.5 Å². The van der Waals surface area contributed by atoms with Crippen LogP contribution in [0.1, 0.15) is 45.1 Å². The van der Waals surface area contributed by atoms with Crippen molar-refractivity contribution in [1.29, 1.82) is 0 Å². The molecular formula is C25H27N3O2S2. The molecule has 0 fully saturated rings. The molecule has 0 spiro atoms. The van der Waals surface area contributed by atoms with Gasteiger partial charge in [-0.3, -0.25) is 14.2 Å². The van der Waals surface area contributed by atoms with Crippen LogP contribution in [0.3, 0.4) is 0 Å². The van der Waals surface area contributed by atoms with E-state index in [2.05, 4.69) is 26.1 Å². The molecule has 0 aliphatic carbocycles. The smallest absolute Gasteiger partial charge is 0.272 e. The van der Waals surface area contributed by atoms with Gasteiger partial charge in [-0.1, -0.05) is 69.3 Å². The molecule has 1 N–H and O–H groups in total. The molecule has 1 amide bonds. The van der Waals surface area contributed by atoms with Crippen molar-refractivity contribution in [3.63, 3.8) is 0 Å². The van der Waals surface area contributed by atoms with Gasteiger partial charge in [0.1, 0.15) is 4.70 Å². The second-order valence-corrected chi connectivity index (χ2v) is 10.1. The fraction of sp³-hybridized carbons (Fsp3) is 0.320. The maximum absolute atomic E-state index is 13.3. The Labute approximate surface area is 195 Å². The quantitative estimate of drug-likeness (QED) is 0.246. The second kappa shape index (κ2) is 9.88. The van der Waals surface area contributed by atoms with Crippen LogP contribution in [0.4, 0.5) is 5.69 Å². The van der Waals surface area contributed by atoms with Gasteiger partial charge in [0.05, 0.1) is 11.3 Å². The molecule has 7 heteroatoms. The van der Waals surface area contributed by atoms with Crippen molar-refractivity contribution < 1.29 is 4.79 Å². The molecule has 4 aromatic rings. The van der Waals surface area contributed by atoms with Crippen LogP contribution in [0.25, 0.3) is 20.3 Å². The van der Waals surface area contributed by atoms with E-state index in [4.69, 9.17) is 4.98 Å². The number of nitrogens with zero attached hydrogens (tertiary/aromatic N) is 2. The highest BCUT2D eigenvalue weighted by atomic mass is 32.2. The van der Waals surface area contributed by atoms with Gasteiger partial charge in [-0.2, -0.15) is 0 Å². The van der Waals surface area contributed by atoms with E-state index < -0.39 is 0 Å². The number of nitrogens with one attached hydrogen (secondary N) is 1.